The summed E-state index contributed by atoms with van der Waals surface area (Å²) in [6, 6.07) is 6.15. The Morgan fingerprint density at radius 3 is 2.90 bits per heavy atom. The lowest BCUT2D eigenvalue weighted by Gasteiger charge is -2.25. The number of hydrogen-bond donors (Lipinski definition) is 0. The third kappa shape index (κ3) is 4.08. The quantitative estimate of drug-likeness (QED) is 0.601. The molecule has 2 rings (SSSR count). The molecule has 0 aromatic heterocycles. The van der Waals surface area contributed by atoms with Crippen molar-refractivity contribution in [2.24, 2.45) is 0 Å². The molecule has 0 atom stereocenters. The number of anilines is 1. The van der Waals surface area contributed by atoms with Crippen LogP contribution in [0.1, 0.15) is 18.4 Å². The Morgan fingerprint density at radius 1 is 1.38 bits per heavy atom. The van der Waals surface area contributed by atoms with E-state index in [9.17, 15) is 4.79 Å². The predicted octanol–water partition coefficient (Wildman–Crippen LogP) is 3.25. The molecular formula is C16H20BrNO3. The Bertz CT molecular complexity index is 542. The number of benzene rings is 1. The number of carbonyl (C=O) groups is 1. The molecule has 0 saturated carbocycles. The number of fused-ring (bicyclic) bond motifs is 1. The number of rotatable bonds is 5. The molecule has 1 aliphatic heterocycles. The van der Waals surface area contributed by atoms with Gasteiger partial charge in [0.15, 0.2) is 0 Å². The van der Waals surface area contributed by atoms with Gasteiger partial charge in [-0.1, -0.05) is 15.9 Å². The second-order valence-corrected chi connectivity index (χ2v) is 5.86. The smallest absolute Gasteiger partial charge is 0.333 e. The molecule has 0 radical (unpaired) electrons. The fourth-order valence-electron chi connectivity index (χ4n) is 2.49. The zero-order valence-corrected chi connectivity index (χ0v) is 14.0. The van der Waals surface area contributed by atoms with Crippen LogP contribution < -0.4 is 4.90 Å². The molecule has 0 fully saturated rings. The number of carbonyl (C=O) groups excluding carboxylic acids is 1. The lowest BCUT2D eigenvalue weighted by molar-refractivity contribution is -0.136. The van der Waals surface area contributed by atoms with Gasteiger partial charge < -0.3 is 14.4 Å². The fourth-order valence-corrected chi connectivity index (χ4v) is 2.87. The summed E-state index contributed by atoms with van der Waals surface area (Å²) < 4.78 is 11.0. The summed E-state index contributed by atoms with van der Waals surface area (Å²) in [4.78, 5) is 14.1. The first-order valence-corrected chi connectivity index (χ1v) is 7.77. The predicted molar refractivity (Wildman–Crippen MR) is 87.5 cm³/mol. The summed E-state index contributed by atoms with van der Waals surface area (Å²) >= 11 is 3.49. The van der Waals surface area contributed by atoms with Gasteiger partial charge in [0.1, 0.15) is 0 Å². The van der Waals surface area contributed by atoms with E-state index in [1.165, 1.54) is 7.11 Å². The molecule has 0 spiro atoms. The third-order valence-electron chi connectivity index (χ3n) is 3.54. The van der Waals surface area contributed by atoms with E-state index in [4.69, 9.17) is 9.47 Å². The van der Waals surface area contributed by atoms with E-state index in [-0.39, 0.29) is 5.97 Å². The van der Waals surface area contributed by atoms with Gasteiger partial charge in [-0.25, -0.2) is 4.79 Å². The first-order valence-electron chi connectivity index (χ1n) is 6.98. The van der Waals surface area contributed by atoms with E-state index < -0.39 is 0 Å². The number of halogens is 1. The Hall–Kier alpha value is -1.33. The van der Waals surface area contributed by atoms with Crippen molar-refractivity contribution in [1.29, 1.82) is 0 Å². The molecule has 1 heterocycles. The SMILES string of the molecule is COCCCN1CCC(C(=O)OC)=Cc2cc(Br)ccc21. The highest BCUT2D eigenvalue weighted by Crippen LogP contribution is 2.30. The van der Waals surface area contributed by atoms with Crippen molar-refractivity contribution in [3.05, 3.63) is 33.8 Å². The maximum Gasteiger partial charge on any atom is 0.333 e. The summed E-state index contributed by atoms with van der Waals surface area (Å²) in [6.07, 6.45) is 3.58. The number of hydrogen-bond acceptors (Lipinski definition) is 4. The summed E-state index contributed by atoms with van der Waals surface area (Å²) in [5.74, 6) is -0.250. The van der Waals surface area contributed by atoms with Crippen molar-refractivity contribution in [1.82, 2.24) is 0 Å². The molecule has 5 heteroatoms. The van der Waals surface area contributed by atoms with Gasteiger partial charge in [0.25, 0.3) is 0 Å². The Kier molecular flexibility index (Phi) is 5.82. The highest BCUT2D eigenvalue weighted by molar-refractivity contribution is 9.10. The van der Waals surface area contributed by atoms with Gasteiger partial charge in [0.05, 0.1) is 7.11 Å². The van der Waals surface area contributed by atoms with Gasteiger partial charge in [-0.3, -0.25) is 0 Å². The van der Waals surface area contributed by atoms with E-state index >= 15 is 0 Å². The maximum absolute atomic E-state index is 11.8. The molecule has 0 N–H and O–H groups in total. The molecule has 1 aromatic rings. The highest BCUT2D eigenvalue weighted by atomic mass is 79.9. The number of esters is 1. The monoisotopic (exact) mass is 353 g/mol. The molecule has 4 nitrogen and oxygen atoms in total. The van der Waals surface area contributed by atoms with Crippen molar-refractivity contribution < 1.29 is 14.3 Å². The second kappa shape index (κ2) is 7.61. The summed E-state index contributed by atoms with van der Waals surface area (Å²) in [7, 11) is 3.14. The van der Waals surface area contributed by atoms with Gasteiger partial charge in [-0.2, -0.15) is 0 Å². The van der Waals surface area contributed by atoms with Crippen LogP contribution in [0.4, 0.5) is 5.69 Å². The molecule has 0 aliphatic carbocycles. The summed E-state index contributed by atoms with van der Waals surface area (Å²) in [5.41, 5.74) is 2.90. The van der Waals surface area contributed by atoms with Crippen LogP contribution in [-0.4, -0.2) is 39.9 Å². The van der Waals surface area contributed by atoms with E-state index in [1.807, 2.05) is 18.2 Å². The van der Waals surface area contributed by atoms with E-state index in [0.717, 1.165) is 41.8 Å². The van der Waals surface area contributed by atoms with Crippen molar-refractivity contribution in [2.75, 3.05) is 38.8 Å². The van der Waals surface area contributed by atoms with E-state index in [1.54, 1.807) is 7.11 Å². The number of nitrogens with zero attached hydrogens (tertiary/aromatic N) is 1. The van der Waals surface area contributed by atoms with Crippen LogP contribution in [-0.2, 0) is 14.3 Å². The minimum absolute atomic E-state index is 0.250. The van der Waals surface area contributed by atoms with Gasteiger partial charge in [-0.05, 0) is 42.7 Å². The second-order valence-electron chi connectivity index (χ2n) is 4.95. The molecule has 1 aromatic carbocycles. The maximum atomic E-state index is 11.8. The Balaban J connectivity index is 2.29. The average Bonchev–Trinajstić information content (AvgIpc) is 2.66. The molecule has 0 bridgehead atoms. The van der Waals surface area contributed by atoms with Crippen LogP contribution in [0.2, 0.25) is 0 Å². The van der Waals surface area contributed by atoms with Crippen LogP contribution in [0.3, 0.4) is 0 Å². The molecule has 1 aliphatic rings. The molecule has 114 valence electrons. The van der Waals surface area contributed by atoms with E-state index in [2.05, 4.69) is 26.9 Å². The summed E-state index contributed by atoms with van der Waals surface area (Å²) in [5, 5.41) is 0. The van der Waals surface area contributed by atoms with Crippen LogP contribution in [0, 0.1) is 0 Å². The first kappa shape index (κ1) is 16.0. The van der Waals surface area contributed by atoms with Gasteiger partial charge in [0, 0.05) is 42.5 Å². The molecular weight excluding hydrogens is 334 g/mol. The number of methoxy groups -OCH3 is 2. The average molecular weight is 354 g/mol. The molecule has 0 amide bonds. The lowest BCUT2D eigenvalue weighted by atomic mass is 10.1. The highest BCUT2D eigenvalue weighted by Gasteiger charge is 2.19. The van der Waals surface area contributed by atoms with Crippen LogP contribution in [0.15, 0.2) is 28.2 Å². The fraction of sp³-hybridized carbons (Fsp3) is 0.438. The van der Waals surface area contributed by atoms with Crippen molar-refractivity contribution >= 4 is 33.7 Å². The summed E-state index contributed by atoms with van der Waals surface area (Å²) in [6.45, 7) is 2.45. The molecule has 21 heavy (non-hydrogen) atoms. The zero-order chi connectivity index (χ0) is 15.2. The van der Waals surface area contributed by atoms with Crippen molar-refractivity contribution in [2.45, 2.75) is 12.8 Å². The Morgan fingerprint density at radius 2 is 2.19 bits per heavy atom. The van der Waals surface area contributed by atoms with Gasteiger partial charge in [-0.15, -0.1) is 0 Å². The largest absolute Gasteiger partial charge is 0.466 e. The van der Waals surface area contributed by atoms with Crippen LogP contribution in [0.5, 0.6) is 0 Å². The minimum atomic E-state index is -0.250. The third-order valence-corrected chi connectivity index (χ3v) is 4.03. The topological polar surface area (TPSA) is 38.8 Å². The number of ether oxygens (including phenoxy) is 2. The molecule has 0 saturated heterocycles. The minimum Gasteiger partial charge on any atom is -0.466 e. The molecule has 0 unspecified atom stereocenters. The normalized spacial score (nSPS) is 14.2. The lowest BCUT2D eigenvalue weighted by Crippen LogP contribution is -2.27. The first-order chi connectivity index (χ1) is 10.2. The zero-order valence-electron chi connectivity index (χ0n) is 12.4. The van der Waals surface area contributed by atoms with Crippen LogP contribution in [0.25, 0.3) is 6.08 Å². The standard InChI is InChI=1S/C16H20BrNO3/c1-20-9-3-7-18-8-6-12(16(19)21-2)10-13-11-14(17)4-5-15(13)18/h4-5,10-11H,3,6-9H2,1-2H3. The Labute approximate surface area is 133 Å². The van der Waals surface area contributed by atoms with Crippen LogP contribution >= 0.6 is 15.9 Å². The van der Waals surface area contributed by atoms with Crippen molar-refractivity contribution in [3.8, 4) is 0 Å². The van der Waals surface area contributed by atoms with Crippen molar-refractivity contribution in [3.63, 3.8) is 0 Å². The van der Waals surface area contributed by atoms with E-state index in [0.29, 0.717) is 12.0 Å². The van der Waals surface area contributed by atoms with Gasteiger partial charge >= 0.3 is 5.97 Å². The van der Waals surface area contributed by atoms with Gasteiger partial charge in [0.2, 0.25) is 0 Å².